The van der Waals surface area contributed by atoms with Crippen LogP contribution >= 0.6 is 0 Å². The third kappa shape index (κ3) is 3.02. The number of aliphatic hydroxyl groups excluding tert-OH is 1. The second-order valence-electron chi connectivity index (χ2n) is 11.1. The smallest absolute Gasteiger partial charge is 0.157 e. The molecule has 5 aliphatic rings. The summed E-state index contributed by atoms with van der Waals surface area (Å²) < 4.78 is 12.3. The largest absolute Gasteiger partial charge is 0.393 e. The van der Waals surface area contributed by atoms with Crippen LogP contribution < -0.4 is 0 Å². The van der Waals surface area contributed by atoms with Crippen molar-refractivity contribution in [1.82, 2.24) is 0 Å². The highest BCUT2D eigenvalue weighted by atomic mass is 16.7. The van der Waals surface area contributed by atoms with Crippen molar-refractivity contribution in [1.29, 1.82) is 0 Å². The van der Waals surface area contributed by atoms with Gasteiger partial charge in [0, 0.05) is 6.61 Å². The van der Waals surface area contributed by atoms with Crippen LogP contribution in [0.5, 0.6) is 0 Å². The number of ether oxygens (including phenoxy) is 2. The number of rotatable bonds is 2. The van der Waals surface area contributed by atoms with Crippen molar-refractivity contribution in [2.45, 2.75) is 109 Å². The number of aliphatic hydroxyl groups is 1. The molecule has 0 aromatic carbocycles. The molecular weight excluding hydrogens is 336 g/mol. The first-order chi connectivity index (χ1) is 13.0. The lowest BCUT2D eigenvalue weighted by Gasteiger charge is -2.61. The molecule has 4 saturated carbocycles. The number of fused-ring (bicyclic) bond motifs is 5. The van der Waals surface area contributed by atoms with Gasteiger partial charge in [-0.05, 0) is 112 Å². The highest BCUT2D eigenvalue weighted by Crippen LogP contribution is 2.66. The van der Waals surface area contributed by atoms with E-state index in [9.17, 15) is 5.11 Å². The Morgan fingerprint density at radius 2 is 1.67 bits per heavy atom. The molecule has 27 heavy (non-hydrogen) atoms. The minimum absolute atomic E-state index is 0.0476. The summed E-state index contributed by atoms with van der Waals surface area (Å²) in [6.45, 7) is 5.90. The highest BCUT2D eigenvalue weighted by molar-refractivity contribution is 5.09. The average Bonchev–Trinajstić information content (AvgIpc) is 2.98. The molecule has 0 bridgehead atoms. The molecule has 154 valence electrons. The summed E-state index contributed by atoms with van der Waals surface area (Å²) in [6.07, 6.45) is 15.5. The van der Waals surface area contributed by atoms with E-state index in [2.05, 4.69) is 13.8 Å². The van der Waals surface area contributed by atoms with Crippen LogP contribution in [0.15, 0.2) is 0 Å². The van der Waals surface area contributed by atoms with Gasteiger partial charge in [-0.25, -0.2) is 0 Å². The first kappa shape index (κ1) is 18.9. The van der Waals surface area contributed by atoms with Gasteiger partial charge in [0.2, 0.25) is 0 Å². The van der Waals surface area contributed by atoms with Crippen LogP contribution in [0.4, 0.5) is 0 Å². The van der Waals surface area contributed by atoms with Crippen molar-refractivity contribution >= 4 is 0 Å². The van der Waals surface area contributed by atoms with E-state index in [1.54, 1.807) is 0 Å². The Kier molecular flexibility index (Phi) is 4.89. The van der Waals surface area contributed by atoms with Crippen molar-refractivity contribution in [2.24, 2.45) is 34.5 Å². The van der Waals surface area contributed by atoms with Crippen LogP contribution in [0.25, 0.3) is 0 Å². The Morgan fingerprint density at radius 3 is 2.48 bits per heavy atom. The van der Waals surface area contributed by atoms with Gasteiger partial charge in [0.25, 0.3) is 0 Å². The molecule has 3 nitrogen and oxygen atoms in total. The summed E-state index contributed by atoms with van der Waals surface area (Å²) in [5, 5.41) is 10.6. The van der Waals surface area contributed by atoms with Gasteiger partial charge in [0.1, 0.15) is 0 Å². The molecule has 0 radical (unpaired) electrons. The molecule has 9 atom stereocenters. The lowest BCUT2D eigenvalue weighted by atomic mass is 9.45. The predicted molar refractivity (Wildman–Crippen MR) is 106 cm³/mol. The van der Waals surface area contributed by atoms with Crippen molar-refractivity contribution in [2.75, 3.05) is 6.61 Å². The molecule has 5 rings (SSSR count). The zero-order valence-corrected chi connectivity index (χ0v) is 17.5. The van der Waals surface area contributed by atoms with Crippen molar-refractivity contribution < 1.29 is 14.6 Å². The molecule has 1 heterocycles. The monoisotopic (exact) mass is 376 g/mol. The molecule has 0 unspecified atom stereocenters. The first-order valence-electron chi connectivity index (χ1n) is 12.0. The molecule has 0 amide bonds. The maximum Gasteiger partial charge on any atom is 0.157 e. The van der Waals surface area contributed by atoms with Crippen LogP contribution in [0.1, 0.15) is 90.9 Å². The van der Waals surface area contributed by atoms with Crippen LogP contribution in [0, 0.1) is 34.5 Å². The third-order valence-electron chi connectivity index (χ3n) is 10.0. The van der Waals surface area contributed by atoms with Gasteiger partial charge < -0.3 is 14.6 Å². The zero-order chi connectivity index (χ0) is 18.6. The van der Waals surface area contributed by atoms with Crippen LogP contribution in [0.2, 0.25) is 0 Å². The predicted octanol–water partition coefficient (Wildman–Crippen LogP) is 5.30. The van der Waals surface area contributed by atoms with Crippen molar-refractivity contribution in [3.63, 3.8) is 0 Å². The lowest BCUT2D eigenvalue weighted by Crippen LogP contribution is -2.54. The van der Waals surface area contributed by atoms with E-state index in [0.29, 0.717) is 11.5 Å². The fourth-order valence-electron chi connectivity index (χ4n) is 8.35. The number of hydrogen-bond donors (Lipinski definition) is 1. The number of hydrogen-bond acceptors (Lipinski definition) is 3. The summed E-state index contributed by atoms with van der Waals surface area (Å²) in [7, 11) is 0. The molecule has 3 heteroatoms. The molecular formula is C24H40O3. The fraction of sp³-hybridized carbons (Fsp3) is 1.00. The van der Waals surface area contributed by atoms with Gasteiger partial charge >= 0.3 is 0 Å². The first-order valence-corrected chi connectivity index (χ1v) is 12.0. The Labute approximate surface area is 165 Å². The fourth-order valence-corrected chi connectivity index (χ4v) is 8.35. The van der Waals surface area contributed by atoms with E-state index in [4.69, 9.17) is 9.47 Å². The zero-order valence-electron chi connectivity index (χ0n) is 17.5. The second kappa shape index (κ2) is 6.99. The Morgan fingerprint density at radius 1 is 0.852 bits per heavy atom. The SMILES string of the molecule is C[C@]12CC[C@H]3[C@H](CC[C@H]4C[C@@H](O[C@@H]5CCCCO5)CC[C@@]43C)[C@H]1CC[C@@H]2O. The quantitative estimate of drug-likeness (QED) is 0.665. The Balaban J connectivity index is 1.27. The van der Waals surface area contributed by atoms with E-state index >= 15 is 0 Å². The van der Waals surface area contributed by atoms with Gasteiger partial charge in [-0.1, -0.05) is 13.8 Å². The summed E-state index contributed by atoms with van der Waals surface area (Å²) in [5.74, 6) is 3.35. The molecule has 1 N–H and O–H groups in total. The summed E-state index contributed by atoms with van der Waals surface area (Å²) in [4.78, 5) is 0. The molecule has 0 aromatic rings. The van der Waals surface area contributed by atoms with E-state index in [0.717, 1.165) is 43.1 Å². The molecule has 0 aromatic heterocycles. The molecule has 0 spiro atoms. The van der Waals surface area contributed by atoms with Gasteiger partial charge in [0.05, 0.1) is 12.2 Å². The van der Waals surface area contributed by atoms with Crippen LogP contribution in [-0.2, 0) is 9.47 Å². The Bertz CT molecular complexity index is 544. The van der Waals surface area contributed by atoms with Gasteiger partial charge in [0.15, 0.2) is 6.29 Å². The average molecular weight is 377 g/mol. The maximum atomic E-state index is 10.6. The highest BCUT2D eigenvalue weighted by Gasteiger charge is 2.60. The second-order valence-corrected chi connectivity index (χ2v) is 11.1. The summed E-state index contributed by atoms with van der Waals surface area (Å²) in [6, 6.07) is 0. The summed E-state index contributed by atoms with van der Waals surface area (Å²) >= 11 is 0. The normalized spacial score (nSPS) is 55.4. The third-order valence-corrected chi connectivity index (χ3v) is 10.0. The van der Waals surface area contributed by atoms with E-state index in [1.165, 1.54) is 64.2 Å². The van der Waals surface area contributed by atoms with Gasteiger partial charge in [-0.3, -0.25) is 0 Å². The molecule has 1 aliphatic heterocycles. The molecule has 1 saturated heterocycles. The lowest BCUT2D eigenvalue weighted by molar-refractivity contribution is -0.212. The van der Waals surface area contributed by atoms with Gasteiger partial charge in [-0.15, -0.1) is 0 Å². The molecule has 4 aliphatic carbocycles. The summed E-state index contributed by atoms with van der Waals surface area (Å²) in [5.41, 5.74) is 0.716. The maximum absolute atomic E-state index is 10.6. The topological polar surface area (TPSA) is 38.7 Å². The van der Waals surface area contributed by atoms with Crippen LogP contribution in [-0.4, -0.2) is 30.2 Å². The van der Waals surface area contributed by atoms with Crippen molar-refractivity contribution in [3.05, 3.63) is 0 Å². The minimum Gasteiger partial charge on any atom is -0.393 e. The standard InChI is InChI=1S/C24H40O3/c1-23-12-10-17(27-22-5-3-4-14-26-22)15-16(23)6-7-18-19-8-9-21(25)24(19,2)13-11-20(18)23/h16-22,25H,3-15H2,1-2H3/t16-,17-,18+,19+,20-,21-,22+,23-,24-/m0/s1. The van der Waals surface area contributed by atoms with Crippen LogP contribution in [0.3, 0.4) is 0 Å². The Hall–Kier alpha value is -0.120. The van der Waals surface area contributed by atoms with E-state index in [-0.39, 0.29) is 17.8 Å². The van der Waals surface area contributed by atoms with E-state index in [1.807, 2.05) is 0 Å². The van der Waals surface area contributed by atoms with E-state index < -0.39 is 0 Å². The minimum atomic E-state index is -0.0476. The van der Waals surface area contributed by atoms with Crippen molar-refractivity contribution in [3.8, 4) is 0 Å². The molecule has 5 fully saturated rings. The van der Waals surface area contributed by atoms with Gasteiger partial charge in [-0.2, -0.15) is 0 Å².